The van der Waals surface area contributed by atoms with Crippen molar-refractivity contribution in [3.63, 3.8) is 0 Å². The second kappa shape index (κ2) is 8.56. The van der Waals surface area contributed by atoms with Gasteiger partial charge in [-0.15, -0.1) is 0 Å². The van der Waals surface area contributed by atoms with Crippen LogP contribution in [0, 0.1) is 10.1 Å². The minimum Gasteiger partial charge on any atom is -0.449 e. The molecule has 140 valence electrons. The van der Waals surface area contributed by atoms with E-state index in [2.05, 4.69) is 10.6 Å². The average Bonchev–Trinajstić information content (AvgIpc) is 2.61. The minimum atomic E-state index is -1.19. The van der Waals surface area contributed by atoms with Gasteiger partial charge in [0.05, 0.1) is 10.5 Å². The first kappa shape index (κ1) is 19.6. The van der Waals surface area contributed by atoms with Crippen molar-refractivity contribution >= 4 is 34.8 Å². The van der Waals surface area contributed by atoms with E-state index in [-0.39, 0.29) is 22.8 Å². The Kier molecular flexibility index (Phi) is 6.21. The van der Waals surface area contributed by atoms with Crippen molar-refractivity contribution in [3.8, 4) is 0 Å². The largest absolute Gasteiger partial charge is 0.449 e. The predicted octanol–water partition coefficient (Wildman–Crippen LogP) is 2.74. The lowest BCUT2D eigenvalue weighted by molar-refractivity contribution is -0.383. The van der Waals surface area contributed by atoms with Gasteiger partial charge in [-0.3, -0.25) is 19.7 Å². The molecule has 2 rings (SSSR count). The maximum absolute atomic E-state index is 12.2. The average molecular weight is 371 g/mol. The number of ether oxygens (including phenoxy) is 1. The van der Waals surface area contributed by atoms with Gasteiger partial charge in [0.1, 0.15) is 5.69 Å². The first-order valence-electron chi connectivity index (χ1n) is 7.91. The summed E-state index contributed by atoms with van der Waals surface area (Å²) in [6.07, 6.45) is -1.19. The van der Waals surface area contributed by atoms with Crippen LogP contribution in [0.2, 0.25) is 0 Å². The number of carbonyl (C=O) groups excluding carboxylic acids is 3. The van der Waals surface area contributed by atoms with Gasteiger partial charge in [-0.05, 0) is 31.2 Å². The number of rotatable bonds is 6. The lowest BCUT2D eigenvalue weighted by Gasteiger charge is -2.14. The number of nitro benzene ring substituents is 1. The van der Waals surface area contributed by atoms with Gasteiger partial charge >= 0.3 is 5.97 Å². The number of para-hydroxylation sites is 2. The summed E-state index contributed by atoms with van der Waals surface area (Å²) in [5.41, 5.74) is 0.288. The molecular formula is C18H17N3O6. The van der Waals surface area contributed by atoms with Gasteiger partial charge in [-0.1, -0.05) is 18.2 Å². The molecule has 0 aromatic heterocycles. The van der Waals surface area contributed by atoms with Crippen molar-refractivity contribution in [3.05, 3.63) is 64.2 Å². The molecule has 1 atom stereocenters. The number of nitro groups is 1. The van der Waals surface area contributed by atoms with Crippen LogP contribution in [0.5, 0.6) is 0 Å². The van der Waals surface area contributed by atoms with Gasteiger partial charge < -0.3 is 15.4 Å². The van der Waals surface area contributed by atoms with E-state index in [1.807, 2.05) is 0 Å². The fourth-order valence-corrected chi connectivity index (χ4v) is 2.18. The Morgan fingerprint density at radius 2 is 1.78 bits per heavy atom. The summed E-state index contributed by atoms with van der Waals surface area (Å²) in [7, 11) is 0. The van der Waals surface area contributed by atoms with E-state index in [4.69, 9.17) is 4.74 Å². The third-order valence-electron chi connectivity index (χ3n) is 3.43. The molecule has 2 amide bonds. The molecule has 0 fully saturated rings. The van der Waals surface area contributed by atoms with E-state index in [9.17, 15) is 24.5 Å². The number of benzene rings is 2. The molecule has 0 saturated carbocycles. The first-order valence-corrected chi connectivity index (χ1v) is 7.91. The quantitative estimate of drug-likeness (QED) is 0.456. The molecule has 0 aliphatic heterocycles. The number of esters is 1. The fourth-order valence-electron chi connectivity index (χ4n) is 2.18. The van der Waals surface area contributed by atoms with Crippen LogP contribution >= 0.6 is 0 Å². The smallest absolute Gasteiger partial charge is 0.338 e. The Morgan fingerprint density at radius 3 is 2.44 bits per heavy atom. The Balaban J connectivity index is 2.05. The predicted molar refractivity (Wildman–Crippen MR) is 97.3 cm³/mol. The van der Waals surface area contributed by atoms with Crippen LogP contribution < -0.4 is 10.6 Å². The van der Waals surface area contributed by atoms with Gasteiger partial charge in [-0.2, -0.15) is 0 Å². The van der Waals surface area contributed by atoms with Crippen LogP contribution in [-0.2, 0) is 14.3 Å². The summed E-state index contributed by atoms with van der Waals surface area (Å²) in [6, 6.07) is 11.7. The van der Waals surface area contributed by atoms with Crippen LogP contribution in [0.25, 0.3) is 0 Å². The fraction of sp³-hybridized carbons (Fsp3) is 0.167. The molecule has 9 nitrogen and oxygen atoms in total. The number of hydrogen-bond acceptors (Lipinski definition) is 6. The molecule has 0 aliphatic rings. The van der Waals surface area contributed by atoms with Crippen molar-refractivity contribution < 1.29 is 24.0 Å². The molecule has 0 unspecified atom stereocenters. The van der Waals surface area contributed by atoms with Gasteiger partial charge in [-0.25, -0.2) is 4.79 Å². The van der Waals surface area contributed by atoms with E-state index in [0.29, 0.717) is 5.69 Å². The number of anilines is 2. The molecular weight excluding hydrogens is 354 g/mol. The van der Waals surface area contributed by atoms with Crippen LogP contribution in [0.4, 0.5) is 17.1 Å². The maximum Gasteiger partial charge on any atom is 0.338 e. The van der Waals surface area contributed by atoms with Crippen molar-refractivity contribution in [1.29, 1.82) is 0 Å². The molecule has 27 heavy (non-hydrogen) atoms. The molecule has 0 spiro atoms. The van der Waals surface area contributed by atoms with Gasteiger partial charge in [0, 0.05) is 18.7 Å². The van der Waals surface area contributed by atoms with E-state index in [0.717, 1.165) is 0 Å². The lowest BCUT2D eigenvalue weighted by atomic mass is 10.2. The zero-order valence-corrected chi connectivity index (χ0v) is 14.6. The Hall–Kier alpha value is -3.75. The number of carbonyl (C=O) groups is 3. The highest BCUT2D eigenvalue weighted by Gasteiger charge is 2.22. The van der Waals surface area contributed by atoms with E-state index >= 15 is 0 Å². The summed E-state index contributed by atoms with van der Waals surface area (Å²) in [4.78, 5) is 45.8. The van der Waals surface area contributed by atoms with Crippen LogP contribution in [0.3, 0.4) is 0 Å². The van der Waals surface area contributed by atoms with E-state index in [1.54, 1.807) is 12.1 Å². The summed E-state index contributed by atoms with van der Waals surface area (Å²) < 4.78 is 5.10. The molecule has 0 bridgehead atoms. The van der Waals surface area contributed by atoms with E-state index < -0.39 is 22.9 Å². The second-order valence-electron chi connectivity index (χ2n) is 5.57. The normalized spacial score (nSPS) is 11.2. The minimum absolute atomic E-state index is 0.00283. The molecule has 2 aromatic carbocycles. The van der Waals surface area contributed by atoms with Crippen molar-refractivity contribution in [2.75, 3.05) is 10.6 Å². The number of nitrogens with zero attached hydrogens (tertiary/aromatic N) is 1. The maximum atomic E-state index is 12.2. The highest BCUT2D eigenvalue weighted by molar-refractivity contribution is 5.99. The van der Waals surface area contributed by atoms with Crippen molar-refractivity contribution in [2.45, 2.75) is 20.0 Å². The Morgan fingerprint density at radius 1 is 1.07 bits per heavy atom. The number of nitrogens with one attached hydrogen (secondary N) is 2. The molecule has 0 aliphatic carbocycles. The van der Waals surface area contributed by atoms with Crippen LogP contribution in [0.15, 0.2) is 48.5 Å². The van der Waals surface area contributed by atoms with Crippen molar-refractivity contribution in [1.82, 2.24) is 0 Å². The third-order valence-corrected chi connectivity index (χ3v) is 3.43. The van der Waals surface area contributed by atoms with Crippen LogP contribution in [0.1, 0.15) is 24.2 Å². The Labute approximate surface area is 154 Å². The lowest BCUT2D eigenvalue weighted by Crippen LogP contribution is -2.30. The Bertz CT molecular complexity index is 896. The summed E-state index contributed by atoms with van der Waals surface area (Å²) >= 11 is 0. The zero-order chi connectivity index (χ0) is 20.0. The first-order chi connectivity index (χ1) is 12.8. The van der Waals surface area contributed by atoms with Gasteiger partial charge in [0.2, 0.25) is 5.91 Å². The zero-order valence-electron chi connectivity index (χ0n) is 14.6. The monoisotopic (exact) mass is 371 g/mol. The number of hydrogen-bond donors (Lipinski definition) is 2. The second-order valence-corrected chi connectivity index (χ2v) is 5.57. The molecule has 0 heterocycles. The molecule has 2 aromatic rings. The topological polar surface area (TPSA) is 128 Å². The highest BCUT2D eigenvalue weighted by atomic mass is 16.6. The molecule has 9 heteroatoms. The summed E-state index contributed by atoms with van der Waals surface area (Å²) in [5.74, 6) is -1.78. The molecule has 0 radical (unpaired) electrons. The summed E-state index contributed by atoms with van der Waals surface area (Å²) in [6.45, 7) is 2.68. The van der Waals surface area contributed by atoms with Crippen LogP contribution in [-0.4, -0.2) is 28.8 Å². The van der Waals surface area contributed by atoms with Gasteiger partial charge in [0.25, 0.3) is 11.6 Å². The van der Waals surface area contributed by atoms with Crippen molar-refractivity contribution in [2.24, 2.45) is 0 Å². The number of amides is 2. The summed E-state index contributed by atoms with van der Waals surface area (Å²) in [5, 5.41) is 15.9. The molecule has 2 N–H and O–H groups in total. The van der Waals surface area contributed by atoms with Gasteiger partial charge in [0.15, 0.2) is 6.10 Å². The SMILES string of the molecule is CC(=O)Nc1cccc(C(=O)O[C@@H](C)C(=O)Nc2ccccc2[N+](=O)[O-])c1. The standard InChI is InChI=1S/C18H17N3O6/c1-11(17(23)20-15-8-3-4-9-16(15)21(25)26)27-18(24)13-6-5-7-14(10-13)19-12(2)22/h3-11H,1-2H3,(H,19,22)(H,20,23)/t11-/m0/s1. The molecule has 0 saturated heterocycles. The highest BCUT2D eigenvalue weighted by Crippen LogP contribution is 2.23. The van der Waals surface area contributed by atoms with E-state index in [1.165, 1.54) is 50.2 Å². The third kappa shape index (κ3) is 5.36.